The first kappa shape index (κ1) is 17.9. The first-order chi connectivity index (χ1) is 12.5. The zero-order valence-electron chi connectivity index (χ0n) is 15.5. The first-order valence-electron chi connectivity index (χ1n) is 8.93. The largest absolute Gasteiger partial charge is 0.463 e. The van der Waals surface area contributed by atoms with Crippen molar-refractivity contribution in [3.05, 3.63) is 59.2 Å². The predicted octanol–water partition coefficient (Wildman–Crippen LogP) is 4.82. The van der Waals surface area contributed by atoms with Crippen LogP contribution in [0.2, 0.25) is 0 Å². The van der Waals surface area contributed by atoms with Crippen molar-refractivity contribution in [2.45, 2.75) is 33.1 Å². The van der Waals surface area contributed by atoms with Gasteiger partial charge in [0.15, 0.2) is 0 Å². The van der Waals surface area contributed by atoms with E-state index in [1.54, 1.807) is 6.92 Å². The molecule has 0 bridgehead atoms. The summed E-state index contributed by atoms with van der Waals surface area (Å²) in [4.78, 5) is 16.7. The fraction of sp³-hybridized carbons (Fsp3) is 0.273. The molecule has 0 spiro atoms. The molecule has 26 heavy (non-hydrogen) atoms. The predicted molar refractivity (Wildman–Crippen MR) is 106 cm³/mol. The van der Waals surface area contributed by atoms with Gasteiger partial charge in [0.2, 0.25) is 0 Å². The van der Waals surface area contributed by atoms with Crippen LogP contribution in [0.1, 0.15) is 44.2 Å². The summed E-state index contributed by atoms with van der Waals surface area (Å²) in [6.45, 7) is 6.50. The minimum absolute atomic E-state index is 0.297. The van der Waals surface area contributed by atoms with Gasteiger partial charge < -0.3 is 10.5 Å². The number of carbonyl (C=O) groups excluding carboxylic acids is 1. The molecule has 4 heteroatoms. The van der Waals surface area contributed by atoms with E-state index < -0.39 is 0 Å². The third-order valence-electron chi connectivity index (χ3n) is 4.42. The number of hydrogen-bond donors (Lipinski definition) is 1. The van der Waals surface area contributed by atoms with Crippen LogP contribution in [0.4, 0.5) is 5.69 Å². The maximum absolute atomic E-state index is 12.2. The summed E-state index contributed by atoms with van der Waals surface area (Å²) < 4.78 is 5.15. The van der Waals surface area contributed by atoms with Gasteiger partial charge in [-0.25, -0.2) is 9.79 Å². The van der Waals surface area contributed by atoms with Crippen LogP contribution in [0.15, 0.2) is 53.0 Å². The van der Waals surface area contributed by atoms with Crippen LogP contribution in [0, 0.1) is 0 Å². The molecule has 1 heterocycles. The van der Waals surface area contributed by atoms with E-state index in [1.807, 2.05) is 18.2 Å². The molecule has 2 aromatic rings. The van der Waals surface area contributed by atoms with Gasteiger partial charge in [0.25, 0.3) is 0 Å². The third kappa shape index (κ3) is 3.69. The van der Waals surface area contributed by atoms with Crippen molar-refractivity contribution in [1.82, 2.24) is 0 Å². The molecule has 1 aliphatic rings. The minimum atomic E-state index is -0.341. The van der Waals surface area contributed by atoms with Crippen LogP contribution in [-0.4, -0.2) is 18.4 Å². The summed E-state index contributed by atoms with van der Waals surface area (Å²) in [6, 6.07) is 14.5. The van der Waals surface area contributed by atoms with Gasteiger partial charge in [0.05, 0.1) is 12.3 Å². The molecule has 134 valence electrons. The van der Waals surface area contributed by atoms with Crippen LogP contribution in [0.5, 0.6) is 0 Å². The fourth-order valence-corrected chi connectivity index (χ4v) is 3.19. The molecule has 2 aromatic carbocycles. The molecule has 0 saturated carbocycles. The van der Waals surface area contributed by atoms with Crippen molar-refractivity contribution in [3.63, 3.8) is 0 Å². The van der Waals surface area contributed by atoms with E-state index in [4.69, 9.17) is 10.5 Å². The van der Waals surface area contributed by atoms with E-state index >= 15 is 0 Å². The van der Waals surface area contributed by atoms with E-state index in [0.717, 1.165) is 16.8 Å². The maximum atomic E-state index is 12.2. The highest BCUT2D eigenvalue weighted by molar-refractivity contribution is 6.03. The van der Waals surface area contributed by atoms with Crippen LogP contribution in [0.25, 0.3) is 17.2 Å². The fourth-order valence-electron chi connectivity index (χ4n) is 3.19. The highest BCUT2D eigenvalue weighted by Gasteiger charge is 2.18. The molecular weight excluding hydrogens is 324 g/mol. The van der Waals surface area contributed by atoms with Crippen molar-refractivity contribution in [2.24, 2.45) is 10.7 Å². The second kappa shape index (κ2) is 7.56. The van der Waals surface area contributed by atoms with Crippen LogP contribution >= 0.6 is 0 Å². The Morgan fingerprint density at radius 2 is 2.00 bits per heavy atom. The zero-order valence-corrected chi connectivity index (χ0v) is 15.5. The first-order valence-corrected chi connectivity index (χ1v) is 8.93. The molecule has 0 unspecified atom stereocenters. The van der Waals surface area contributed by atoms with E-state index in [9.17, 15) is 4.79 Å². The van der Waals surface area contributed by atoms with Crippen molar-refractivity contribution >= 4 is 23.6 Å². The Hall–Kier alpha value is -2.88. The SMILES string of the molecule is CCOC(=O)C1=Cc2cc(-c3ccccc3C(C)C)ccc2N=C(N)C1. The van der Waals surface area contributed by atoms with Gasteiger partial charge in [-0.3, -0.25) is 0 Å². The maximum Gasteiger partial charge on any atom is 0.334 e. The van der Waals surface area contributed by atoms with E-state index in [0.29, 0.717) is 30.4 Å². The number of benzene rings is 2. The molecule has 1 aliphatic heterocycles. The summed E-state index contributed by atoms with van der Waals surface area (Å²) in [5, 5.41) is 0. The standard InChI is InChI=1S/C22H24N2O2/c1-4-26-22(25)17-12-16-11-15(9-10-20(16)24-21(23)13-17)19-8-6-5-7-18(19)14(2)3/h5-12,14H,4,13H2,1-3H3,(H2,23,24). The summed E-state index contributed by atoms with van der Waals surface area (Å²) in [6.07, 6.45) is 2.14. The number of nitrogens with zero attached hydrogens (tertiary/aromatic N) is 1. The average molecular weight is 348 g/mol. The number of hydrogen-bond acceptors (Lipinski definition) is 4. The van der Waals surface area contributed by atoms with Gasteiger partial charge >= 0.3 is 5.97 Å². The third-order valence-corrected chi connectivity index (χ3v) is 4.42. The van der Waals surface area contributed by atoms with Crippen molar-refractivity contribution < 1.29 is 9.53 Å². The number of amidine groups is 1. The van der Waals surface area contributed by atoms with Crippen molar-refractivity contribution in [1.29, 1.82) is 0 Å². The zero-order chi connectivity index (χ0) is 18.7. The molecule has 0 radical (unpaired) electrons. The van der Waals surface area contributed by atoms with E-state index in [-0.39, 0.29) is 5.97 Å². The highest BCUT2D eigenvalue weighted by atomic mass is 16.5. The Morgan fingerprint density at radius 1 is 1.23 bits per heavy atom. The summed E-state index contributed by atoms with van der Waals surface area (Å²) in [5.41, 5.74) is 11.8. The van der Waals surface area contributed by atoms with Crippen LogP contribution in [0.3, 0.4) is 0 Å². The van der Waals surface area contributed by atoms with Gasteiger partial charge in [-0.15, -0.1) is 0 Å². The van der Waals surface area contributed by atoms with E-state index in [2.05, 4.69) is 49.2 Å². The van der Waals surface area contributed by atoms with Gasteiger partial charge in [0.1, 0.15) is 5.84 Å². The van der Waals surface area contributed by atoms with Crippen LogP contribution in [-0.2, 0) is 9.53 Å². The van der Waals surface area contributed by atoms with E-state index in [1.165, 1.54) is 11.1 Å². The summed E-state index contributed by atoms with van der Waals surface area (Å²) in [7, 11) is 0. The second-order valence-corrected chi connectivity index (χ2v) is 6.69. The lowest BCUT2D eigenvalue weighted by atomic mass is 9.91. The van der Waals surface area contributed by atoms with Crippen LogP contribution < -0.4 is 5.73 Å². The van der Waals surface area contributed by atoms with Gasteiger partial charge in [-0.1, -0.05) is 44.2 Å². The lowest BCUT2D eigenvalue weighted by molar-refractivity contribution is -0.138. The van der Waals surface area contributed by atoms with Crippen molar-refractivity contribution in [3.8, 4) is 11.1 Å². The number of carbonyl (C=O) groups is 1. The lowest BCUT2D eigenvalue weighted by Gasteiger charge is -2.14. The molecule has 0 saturated heterocycles. The number of aliphatic imine (C=N–C) groups is 1. The second-order valence-electron chi connectivity index (χ2n) is 6.69. The van der Waals surface area contributed by atoms with Crippen molar-refractivity contribution in [2.75, 3.05) is 6.61 Å². The van der Waals surface area contributed by atoms with Gasteiger partial charge in [-0.2, -0.15) is 0 Å². The lowest BCUT2D eigenvalue weighted by Crippen LogP contribution is -2.16. The molecule has 3 rings (SSSR count). The summed E-state index contributed by atoms with van der Waals surface area (Å²) in [5.74, 6) is 0.495. The van der Waals surface area contributed by atoms with Gasteiger partial charge in [-0.05, 0) is 47.7 Å². The quantitative estimate of drug-likeness (QED) is 0.806. The molecule has 0 fully saturated rings. The number of nitrogens with two attached hydrogens (primary N) is 1. The Bertz CT molecular complexity index is 895. The molecule has 0 amide bonds. The Kier molecular flexibility index (Phi) is 5.21. The Morgan fingerprint density at radius 3 is 2.73 bits per heavy atom. The normalized spacial score (nSPS) is 13.5. The number of ether oxygens (including phenoxy) is 1. The Balaban J connectivity index is 2.11. The number of rotatable bonds is 4. The topological polar surface area (TPSA) is 64.7 Å². The smallest absolute Gasteiger partial charge is 0.334 e. The summed E-state index contributed by atoms with van der Waals surface area (Å²) >= 11 is 0. The number of esters is 1. The average Bonchev–Trinajstić information content (AvgIpc) is 2.79. The molecule has 4 nitrogen and oxygen atoms in total. The monoisotopic (exact) mass is 348 g/mol. The minimum Gasteiger partial charge on any atom is -0.463 e. The molecule has 0 aromatic heterocycles. The molecule has 0 aliphatic carbocycles. The Labute approximate surface area is 154 Å². The molecule has 2 N–H and O–H groups in total. The molecular formula is C22H24N2O2. The van der Waals surface area contributed by atoms with Gasteiger partial charge in [0, 0.05) is 17.6 Å². The number of fused-ring (bicyclic) bond motifs is 1. The molecule has 0 atom stereocenters. The highest BCUT2D eigenvalue weighted by Crippen LogP contribution is 2.34.